The molecule has 0 N–H and O–H groups in total. The molecule has 3 aromatic rings. The third kappa shape index (κ3) is 5.97. The molecule has 1 unspecified atom stereocenters. The highest BCUT2D eigenvalue weighted by molar-refractivity contribution is 5.72. The minimum atomic E-state index is -0.226. The summed E-state index contributed by atoms with van der Waals surface area (Å²) in [4.78, 5) is 11.6. The molecule has 35 heavy (non-hydrogen) atoms. The number of ether oxygens (including phenoxy) is 4. The van der Waals surface area contributed by atoms with Gasteiger partial charge in [0.05, 0.1) is 26.7 Å². The maximum absolute atomic E-state index is 11.6. The number of aryl methyl sites for hydroxylation is 2. The van der Waals surface area contributed by atoms with Gasteiger partial charge >= 0.3 is 5.97 Å². The van der Waals surface area contributed by atoms with E-state index in [0.717, 1.165) is 47.8 Å². The number of hydrogen-bond donors (Lipinski definition) is 0. The van der Waals surface area contributed by atoms with E-state index in [-0.39, 0.29) is 11.9 Å². The molecule has 5 heteroatoms. The first kappa shape index (κ1) is 24.6. The van der Waals surface area contributed by atoms with Gasteiger partial charge in [-0.25, -0.2) is 0 Å². The van der Waals surface area contributed by atoms with Crippen LogP contribution >= 0.6 is 0 Å². The van der Waals surface area contributed by atoms with Crippen LogP contribution in [-0.2, 0) is 16.1 Å². The van der Waals surface area contributed by atoms with Crippen molar-refractivity contribution in [2.45, 2.75) is 52.6 Å². The van der Waals surface area contributed by atoms with Crippen molar-refractivity contribution < 1.29 is 23.7 Å². The maximum Gasteiger partial charge on any atom is 0.306 e. The van der Waals surface area contributed by atoms with Gasteiger partial charge in [-0.05, 0) is 72.4 Å². The van der Waals surface area contributed by atoms with E-state index >= 15 is 0 Å². The first-order chi connectivity index (χ1) is 17.0. The Balaban J connectivity index is 1.44. The summed E-state index contributed by atoms with van der Waals surface area (Å²) in [5, 5.41) is 0. The van der Waals surface area contributed by atoms with Crippen molar-refractivity contribution >= 4 is 5.97 Å². The maximum atomic E-state index is 11.6. The fourth-order valence-corrected chi connectivity index (χ4v) is 4.58. The summed E-state index contributed by atoms with van der Waals surface area (Å²) in [6, 6.07) is 18.5. The quantitative estimate of drug-likeness (QED) is 0.240. The lowest BCUT2D eigenvalue weighted by molar-refractivity contribution is -0.141. The highest BCUT2D eigenvalue weighted by Gasteiger charge is 2.27. The molecule has 0 aromatic heterocycles. The summed E-state index contributed by atoms with van der Waals surface area (Å²) in [5.74, 6) is 2.25. The third-order valence-electron chi connectivity index (χ3n) is 6.40. The van der Waals surface area contributed by atoms with Crippen LogP contribution in [0.15, 0.2) is 54.6 Å². The van der Waals surface area contributed by atoms with Crippen molar-refractivity contribution in [2.75, 3.05) is 20.3 Å². The highest BCUT2D eigenvalue weighted by Crippen LogP contribution is 2.38. The molecule has 0 amide bonds. The smallest absolute Gasteiger partial charge is 0.306 e. The van der Waals surface area contributed by atoms with Crippen LogP contribution in [0.3, 0.4) is 0 Å². The molecular weight excluding hydrogens is 440 g/mol. The first-order valence-electron chi connectivity index (χ1n) is 12.3. The van der Waals surface area contributed by atoms with E-state index in [1.54, 1.807) is 0 Å². The minimum Gasteiger partial charge on any atom is -0.494 e. The zero-order chi connectivity index (χ0) is 24.8. The van der Waals surface area contributed by atoms with Crippen LogP contribution in [0, 0.1) is 13.8 Å². The van der Waals surface area contributed by atoms with Crippen molar-refractivity contribution in [2.24, 2.45) is 0 Å². The SMILES string of the molecule is CCCCOc1cc(C)c(-c2cccc(COc3ccc4c(c3)OCC4CC(=O)OC)c2)c(C)c1. The Hall–Kier alpha value is -3.47. The molecular formula is C30H34O5. The van der Waals surface area contributed by atoms with E-state index in [2.05, 4.69) is 57.2 Å². The number of carbonyl (C=O) groups is 1. The Kier molecular flexibility index (Phi) is 7.96. The Morgan fingerprint density at radius 2 is 1.80 bits per heavy atom. The number of hydrogen-bond acceptors (Lipinski definition) is 5. The van der Waals surface area contributed by atoms with Crippen LogP contribution in [0.5, 0.6) is 17.2 Å². The molecule has 0 saturated heterocycles. The second-order valence-electron chi connectivity index (χ2n) is 9.11. The molecule has 0 spiro atoms. The molecule has 4 rings (SSSR count). The van der Waals surface area contributed by atoms with Gasteiger partial charge in [0.25, 0.3) is 0 Å². The van der Waals surface area contributed by atoms with Gasteiger partial charge in [0, 0.05) is 17.5 Å². The van der Waals surface area contributed by atoms with E-state index in [4.69, 9.17) is 18.9 Å². The number of unbranched alkanes of at least 4 members (excludes halogenated alkanes) is 1. The molecule has 0 saturated carbocycles. The summed E-state index contributed by atoms with van der Waals surface area (Å²) in [6.45, 7) is 8.12. The van der Waals surface area contributed by atoms with Crippen LogP contribution < -0.4 is 14.2 Å². The van der Waals surface area contributed by atoms with Gasteiger partial charge in [-0.2, -0.15) is 0 Å². The number of fused-ring (bicyclic) bond motifs is 1. The number of esters is 1. The molecule has 0 aliphatic carbocycles. The van der Waals surface area contributed by atoms with E-state index in [1.807, 2.05) is 18.2 Å². The standard InChI is InChI=1S/C30H34O5/c1-5-6-12-33-26-13-20(2)30(21(3)14-26)23-9-7-8-22(15-23)18-34-25-10-11-27-24(16-29(31)32-4)19-35-28(27)17-25/h7-11,13-15,17,24H,5-6,12,16,18-19H2,1-4H3. The van der Waals surface area contributed by atoms with Gasteiger partial charge in [-0.3, -0.25) is 4.79 Å². The van der Waals surface area contributed by atoms with Crippen molar-refractivity contribution in [1.82, 2.24) is 0 Å². The molecule has 1 atom stereocenters. The zero-order valence-electron chi connectivity index (χ0n) is 21.1. The molecule has 1 aliphatic heterocycles. The third-order valence-corrected chi connectivity index (χ3v) is 6.40. The van der Waals surface area contributed by atoms with Crippen molar-refractivity contribution in [3.05, 3.63) is 76.9 Å². The Morgan fingerprint density at radius 1 is 1.00 bits per heavy atom. The predicted molar refractivity (Wildman–Crippen MR) is 137 cm³/mol. The topological polar surface area (TPSA) is 54.0 Å². The number of methoxy groups -OCH3 is 1. The molecule has 184 valence electrons. The van der Waals surface area contributed by atoms with Crippen LogP contribution in [0.4, 0.5) is 0 Å². The molecule has 5 nitrogen and oxygen atoms in total. The van der Waals surface area contributed by atoms with E-state index in [9.17, 15) is 4.79 Å². The lowest BCUT2D eigenvalue weighted by Gasteiger charge is -2.15. The fourth-order valence-electron chi connectivity index (χ4n) is 4.58. The Bertz CT molecular complexity index is 1160. The van der Waals surface area contributed by atoms with Crippen LogP contribution in [0.25, 0.3) is 11.1 Å². The normalized spacial score (nSPS) is 14.2. The van der Waals surface area contributed by atoms with Gasteiger partial charge in [0.1, 0.15) is 23.9 Å². The van der Waals surface area contributed by atoms with Crippen molar-refractivity contribution in [3.63, 3.8) is 0 Å². The molecule has 3 aromatic carbocycles. The first-order valence-corrected chi connectivity index (χ1v) is 12.3. The lowest BCUT2D eigenvalue weighted by atomic mass is 9.94. The second kappa shape index (κ2) is 11.3. The minimum absolute atomic E-state index is 0.0260. The van der Waals surface area contributed by atoms with Crippen molar-refractivity contribution in [3.8, 4) is 28.4 Å². The average molecular weight is 475 g/mol. The van der Waals surface area contributed by atoms with Gasteiger partial charge in [-0.1, -0.05) is 37.6 Å². The molecule has 0 bridgehead atoms. The van der Waals surface area contributed by atoms with E-state index in [1.165, 1.54) is 29.4 Å². The fraction of sp³-hybridized carbons (Fsp3) is 0.367. The van der Waals surface area contributed by atoms with Gasteiger partial charge in [0.15, 0.2) is 0 Å². The Morgan fingerprint density at radius 3 is 2.54 bits per heavy atom. The molecule has 0 radical (unpaired) electrons. The van der Waals surface area contributed by atoms with Gasteiger partial charge in [0.2, 0.25) is 0 Å². The summed E-state index contributed by atoms with van der Waals surface area (Å²) in [7, 11) is 1.41. The van der Waals surface area contributed by atoms with Crippen LogP contribution in [-0.4, -0.2) is 26.3 Å². The van der Waals surface area contributed by atoms with E-state index < -0.39 is 0 Å². The van der Waals surface area contributed by atoms with Crippen molar-refractivity contribution in [1.29, 1.82) is 0 Å². The molecule has 1 heterocycles. The number of carbonyl (C=O) groups excluding carboxylic acids is 1. The van der Waals surface area contributed by atoms with Crippen LogP contribution in [0.1, 0.15) is 54.4 Å². The predicted octanol–water partition coefficient (Wildman–Crippen LogP) is 6.77. The second-order valence-corrected chi connectivity index (χ2v) is 9.11. The summed E-state index contributed by atoms with van der Waals surface area (Å²) < 4.78 is 22.6. The molecule has 0 fully saturated rings. The zero-order valence-corrected chi connectivity index (χ0v) is 21.1. The highest BCUT2D eigenvalue weighted by atomic mass is 16.5. The lowest BCUT2D eigenvalue weighted by Crippen LogP contribution is -2.09. The van der Waals surface area contributed by atoms with Gasteiger partial charge < -0.3 is 18.9 Å². The summed E-state index contributed by atoms with van der Waals surface area (Å²) >= 11 is 0. The van der Waals surface area contributed by atoms with Gasteiger partial charge in [-0.15, -0.1) is 0 Å². The Labute approximate surface area is 208 Å². The van der Waals surface area contributed by atoms with Crippen LogP contribution in [0.2, 0.25) is 0 Å². The number of rotatable bonds is 10. The largest absolute Gasteiger partial charge is 0.494 e. The van der Waals surface area contributed by atoms with E-state index in [0.29, 0.717) is 19.6 Å². The molecule has 1 aliphatic rings. The summed E-state index contributed by atoms with van der Waals surface area (Å²) in [5.41, 5.74) is 6.92. The average Bonchev–Trinajstić information content (AvgIpc) is 3.24. The monoisotopic (exact) mass is 474 g/mol. The number of benzene rings is 3. The summed E-state index contributed by atoms with van der Waals surface area (Å²) in [6.07, 6.45) is 2.51.